The molecule has 0 saturated carbocycles. The van der Waals surface area contributed by atoms with Gasteiger partial charge in [0.15, 0.2) is 0 Å². The lowest BCUT2D eigenvalue weighted by atomic mass is 10.2. The second-order valence-electron chi connectivity index (χ2n) is 5.18. The van der Waals surface area contributed by atoms with Gasteiger partial charge in [0.25, 0.3) is 8.32 Å². The summed E-state index contributed by atoms with van der Waals surface area (Å²) in [5.74, 6) is 0.181. The maximum absolute atomic E-state index is 12.6. The van der Waals surface area contributed by atoms with Crippen LogP contribution in [0.3, 0.4) is 0 Å². The second-order valence-corrected chi connectivity index (χ2v) is 9.90. The molecule has 0 saturated heterocycles. The normalized spacial score (nSPS) is 12.7. The Labute approximate surface area is 91.6 Å². The summed E-state index contributed by atoms with van der Waals surface area (Å²) in [5.41, 5.74) is 0. The molecule has 1 heterocycles. The average molecular weight is 227 g/mol. The van der Waals surface area contributed by atoms with Crippen molar-refractivity contribution >= 4 is 8.32 Å². The lowest BCUT2D eigenvalue weighted by Gasteiger charge is -2.36. The van der Waals surface area contributed by atoms with Gasteiger partial charge in [-0.05, 0) is 30.3 Å². The van der Waals surface area contributed by atoms with Crippen LogP contribution in [0.4, 0.5) is 4.39 Å². The van der Waals surface area contributed by atoms with Crippen molar-refractivity contribution < 1.29 is 8.82 Å². The van der Waals surface area contributed by atoms with Gasteiger partial charge < -0.3 is 4.43 Å². The Morgan fingerprint density at radius 2 is 1.87 bits per heavy atom. The van der Waals surface area contributed by atoms with Gasteiger partial charge in [0, 0.05) is 0 Å². The Bertz CT molecular complexity index is 329. The minimum atomic E-state index is -1.83. The van der Waals surface area contributed by atoms with Crippen molar-refractivity contribution in [1.29, 1.82) is 0 Å². The summed E-state index contributed by atoms with van der Waals surface area (Å²) in [6.07, 6.45) is 1.44. The van der Waals surface area contributed by atoms with E-state index < -0.39 is 14.3 Å². The number of hydrogen-bond acceptors (Lipinski definition) is 2. The zero-order chi connectivity index (χ0) is 11.7. The van der Waals surface area contributed by atoms with Gasteiger partial charge in [-0.25, -0.2) is 4.98 Å². The molecule has 0 bridgehead atoms. The zero-order valence-corrected chi connectivity index (χ0v) is 11.0. The lowest BCUT2D eigenvalue weighted by molar-refractivity contribution is 0.485. The van der Waals surface area contributed by atoms with E-state index in [0.29, 0.717) is 5.75 Å². The predicted molar refractivity (Wildman–Crippen MR) is 62.0 cm³/mol. The predicted octanol–water partition coefficient (Wildman–Crippen LogP) is 3.60. The monoisotopic (exact) mass is 227 g/mol. The first-order valence-electron chi connectivity index (χ1n) is 5.03. The summed E-state index contributed by atoms with van der Waals surface area (Å²) < 4.78 is 18.5. The summed E-state index contributed by atoms with van der Waals surface area (Å²) >= 11 is 0. The van der Waals surface area contributed by atoms with Crippen LogP contribution in [0, 0.1) is 5.95 Å². The Hall–Kier alpha value is -0.903. The molecule has 0 aromatic carbocycles. The van der Waals surface area contributed by atoms with Gasteiger partial charge in [-0.1, -0.05) is 20.8 Å². The van der Waals surface area contributed by atoms with Crippen LogP contribution in [0.1, 0.15) is 20.8 Å². The molecule has 0 radical (unpaired) electrons. The van der Waals surface area contributed by atoms with Gasteiger partial charge in [-0.3, -0.25) is 0 Å². The smallest absolute Gasteiger partial charge is 0.250 e. The lowest BCUT2D eigenvalue weighted by Crippen LogP contribution is -2.43. The zero-order valence-electron chi connectivity index (χ0n) is 9.97. The largest absolute Gasteiger partial charge is 0.542 e. The van der Waals surface area contributed by atoms with Crippen LogP contribution in [-0.2, 0) is 0 Å². The van der Waals surface area contributed by atoms with E-state index in [1.54, 1.807) is 6.07 Å². The maximum Gasteiger partial charge on any atom is 0.250 e. The number of rotatable bonds is 2. The van der Waals surface area contributed by atoms with Gasteiger partial charge in [0.05, 0.1) is 6.20 Å². The van der Waals surface area contributed by atoms with Crippen molar-refractivity contribution in [2.45, 2.75) is 38.9 Å². The van der Waals surface area contributed by atoms with Crippen LogP contribution in [0.15, 0.2) is 18.3 Å². The van der Waals surface area contributed by atoms with E-state index in [9.17, 15) is 4.39 Å². The molecule has 2 nitrogen and oxygen atoms in total. The molecule has 0 aliphatic rings. The fourth-order valence-corrected chi connectivity index (χ4v) is 1.89. The molecular formula is C11H18FNOSi. The fourth-order valence-electron chi connectivity index (χ4n) is 0.870. The van der Waals surface area contributed by atoms with E-state index in [1.807, 2.05) is 0 Å². The van der Waals surface area contributed by atoms with Crippen molar-refractivity contribution in [3.8, 4) is 5.75 Å². The van der Waals surface area contributed by atoms with Gasteiger partial charge in [0.2, 0.25) is 5.95 Å². The molecule has 0 spiro atoms. The molecule has 0 aliphatic heterocycles. The highest BCUT2D eigenvalue weighted by atomic mass is 28.4. The second kappa shape index (κ2) is 3.93. The van der Waals surface area contributed by atoms with E-state index in [4.69, 9.17) is 4.43 Å². The molecule has 1 aromatic rings. The fraction of sp³-hybridized carbons (Fsp3) is 0.545. The Morgan fingerprint density at radius 1 is 1.27 bits per heavy atom. The summed E-state index contributed by atoms with van der Waals surface area (Å²) in [5, 5.41) is 0.140. The third-order valence-electron chi connectivity index (χ3n) is 2.88. The molecule has 0 atom stereocenters. The quantitative estimate of drug-likeness (QED) is 0.569. The van der Waals surface area contributed by atoms with Crippen LogP contribution in [0.2, 0.25) is 18.1 Å². The summed E-state index contributed by atoms with van der Waals surface area (Å²) in [6.45, 7) is 10.8. The van der Waals surface area contributed by atoms with Crippen LogP contribution in [-0.4, -0.2) is 13.3 Å². The number of nitrogens with zero attached hydrogens (tertiary/aromatic N) is 1. The molecule has 0 amide bonds. The minimum absolute atomic E-state index is 0.140. The maximum atomic E-state index is 12.6. The third kappa shape index (κ3) is 3.02. The SMILES string of the molecule is CC(C)(C)[Si](C)(C)Oc1ccc(F)nc1. The molecule has 4 heteroatoms. The van der Waals surface area contributed by atoms with Gasteiger partial charge in [-0.2, -0.15) is 4.39 Å². The van der Waals surface area contributed by atoms with E-state index in [0.717, 1.165) is 0 Å². The van der Waals surface area contributed by atoms with Crippen LogP contribution in [0.25, 0.3) is 0 Å². The number of aromatic nitrogens is 1. The first-order chi connectivity index (χ1) is 6.72. The molecular weight excluding hydrogens is 209 g/mol. The molecule has 0 fully saturated rings. The Morgan fingerprint density at radius 3 is 2.27 bits per heavy atom. The van der Waals surface area contributed by atoms with E-state index >= 15 is 0 Å². The van der Waals surface area contributed by atoms with Gasteiger partial charge in [-0.15, -0.1) is 0 Å². The van der Waals surface area contributed by atoms with E-state index in [1.165, 1.54) is 12.3 Å². The van der Waals surface area contributed by atoms with Crippen LogP contribution < -0.4 is 4.43 Å². The highest BCUT2D eigenvalue weighted by molar-refractivity contribution is 6.74. The molecule has 0 aliphatic carbocycles. The summed E-state index contributed by atoms with van der Waals surface area (Å²) in [7, 11) is -1.83. The van der Waals surface area contributed by atoms with Crippen molar-refractivity contribution in [3.05, 3.63) is 24.3 Å². The highest BCUT2D eigenvalue weighted by Gasteiger charge is 2.38. The van der Waals surface area contributed by atoms with Gasteiger partial charge in [0.1, 0.15) is 5.75 Å². The summed E-state index contributed by atoms with van der Waals surface area (Å²) in [4.78, 5) is 3.58. The number of hydrogen-bond donors (Lipinski definition) is 0. The Balaban J connectivity index is 2.82. The minimum Gasteiger partial charge on any atom is -0.542 e. The van der Waals surface area contributed by atoms with Gasteiger partial charge >= 0.3 is 0 Å². The van der Waals surface area contributed by atoms with Crippen LogP contribution >= 0.6 is 0 Å². The topological polar surface area (TPSA) is 22.1 Å². The van der Waals surface area contributed by atoms with Crippen molar-refractivity contribution in [3.63, 3.8) is 0 Å². The van der Waals surface area contributed by atoms with Crippen LogP contribution in [0.5, 0.6) is 5.75 Å². The number of pyridine rings is 1. The molecule has 0 N–H and O–H groups in total. The third-order valence-corrected chi connectivity index (χ3v) is 7.24. The average Bonchev–Trinajstić information content (AvgIpc) is 2.06. The Kier molecular flexibility index (Phi) is 3.18. The number of halogens is 1. The van der Waals surface area contributed by atoms with E-state index in [-0.39, 0.29) is 5.04 Å². The molecule has 1 aromatic heterocycles. The van der Waals surface area contributed by atoms with Crippen molar-refractivity contribution in [1.82, 2.24) is 4.98 Å². The first kappa shape index (κ1) is 12.2. The standard InChI is InChI=1S/C11H18FNOSi/c1-11(2,3)15(4,5)14-9-6-7-10(12)13-8-9/h6-8H,1-5H3. The highest BCUT2D eigenvalue weighted by Crippen LogP contribution is 2.37. The van der Waals surface area contributed by atoms with Crippen molar-refractivity contribution in [2.75, 3.05) is 0 Å². The molecule has 0 unspecified atom stereocenters. The molecule has 1 rings (SSSR count). The molecule has 15 heavy (non-hydrogen) atoms. The first-order valence-corrected chi connectivity index (χ1v) is 7.94. The van der Waals surface area contributed by atoms with Crippen molar-refractivity contribution in [2.24, 2.45) is 0 Å². The molecule has 84 valence electrons. The van der Waals surface area contributed by atoms with E-state index in [2.05, 4.69) is 38.8 Å². The summed E-state index contributed by atoms with van der Waals surface area (Å²) in [6, 6.07) is 2.95.